The van der Waals surface area contributed by atoms with Gasteiger partial charge in [0.2, 0.25) is 0 Å². The molecular formula is C40H80O2P2. The van der Waals surface area contributed by atoms with E-state index in [0.717, 1.165) is 12.6 Å². The molecule has 0 heterocycles. The monoisotopic (exact) mass is 655 g/mol. The summed E-state index contributed by atoms with van der Waals surface area (Å²) in [4.78, 5) is 0. The summed E-state index contributed by atoms with van der Waals surface area (Å²) in [6.07, 6.45) is 43.8. The van der Waals surface area contributed by atoms with Gasteiger partial charge in [-0.1, -0.05) is 201 Å². The van der Waals surface area contributed by atoms with E-state index in [1.807, 2.05) is 0 Å². The molecule has 0 aliphatic carbocycles. The Morgan fingerprint density at radius 2 is 0.614 bits per heavy atom. The number of hydrogen-bond donors (Lipinski definition) is 0. The Balaban J connectivity index is 6.07. The molecule has 4 heteroatoms. The average molecular weight is 655 g/mol. The average Bonchev–Trinajstić information content (AvgIpc) is 3.04. The Kier molecular flexibility index (Phi) is 33.3. The fraction of sp³-hybridized carbons (Fsp3) is 1.00. The molecule has 0 radical (unpaired) electrons. The quantitative estimate of drug-likeness (QED) is 0.0493. The molecule has 0 aromatic rings. The first-order valence-corrected chi connectivity index (χ1v) is 22.1. The minimum absolute atomic E-state index is 0.0526. The van der Waals surface area contributed by atoms with Crippen LogP contribution in [0, 0.1) is 5.41 Å². The first-order valence-electron chi connectivity index (χ1n) is 20.3. The second-order valence-electron chi connectivity index (χ2n) is 14.5. The van der Waals surface area contributed by atoms with Crippen LogP contribution in [0.5, 0.6) is 0 Å². The third-order valence-corrected chi connectivity index (χ3v) is 12.5. The lowest BCUT2D eigenvalue weighted by Crippen LogP contribution is -2.44. The van der Waals surface area contributed by atoms with E-state index in [4.69, 9.17) is 0 Å². The first kappa shape index (κ1) is 44.2. The summed E-state index contributed by atoms with van der Waals surface area (Å²) in [5, 5.41) is -0.0526. The minimum Gasteiger partial charge on any atom is -0.275 e. The topological polar surface area (TPSA) is 34.1 Å². The van der Waals surface area contributed by atoms with E-state index in [-0.39, 0.29) is 10.6 Å². The van der Waals surface area contributed by atoms with Crippen molar-refractivity contribution >= 4 is 16.9 Å². The Hall–Kier alpha value is 0.200. The van der Waals surface area contributed by atoms with Gasteiger partial charge in [-0.2, -0.15) is 0 Å². The molecule has 262 valence electrons. The summed E-state index contributed by atoms with van der Waals surface area (Å²) in [6, 6.07) is 0. The zero-order valence-corrected chi connectivity index (χ0v) is 32.5. The van der Waals surface area contributed by atoms with E-state index in [1.165, 1.54) is 205 Å². The van der Waals surface area contributed by atoms with Gasteiger partial charge in [0.05, 0.1) is 5.16 Å². The molecule has 0 aliphatic rings. The maximum Gasteiger partial charge on any atom is 0.162 e. The van der Waals surface area contributed by atoms with E-state index < -0.39 is 0 Å². The highest BCUT2D eigenvalue weighted by atomic mass is 31.1. The van der Waals surface area contributed by atoms with Crippen LogP contribution in [0.4, 0.5) is 0 Å². The Morgan fingerprint density at radius 3 is 0.909 bits per heavy atom. The summed E-state index contributed by atoms with van der Waals surface area (Å²) in [6.45, 7) is 9.24. The molecular weight excluding hydrogens is 574 g/mol. The van der Waals surface area contributed by atoms with Crippen molar-refractivity contribution in [2.75, 3.05) is 6.16 Å². The molecule has 44 heavy (non-hydrogen) atoms. The van der Waals surface area contributed by atoms with Crippen molar-refractivity contribution in [1.82, 2.24) is 0 Å². The lowest BCUT2D eigenvalue weighted by molar-refractivity contribution is 0.104. The van der Waals surface area contributed by atoms with Gasteiger partial charge in [-0.3, -0.25) is 9.13 Å². The van der Waals surface area contributed by atoms with E-state index in [1.54, 1.807) is 0 Å². The molecule has 0 aromatic heterocycles. The standard InChI is InChI=1S/C40H80O2P2/c1-5-9-13-17-21-27-33-39(34-28-22-18-14-10-6-2,35-29-25-26-32-38-43-41)40(44-42,36-30-23-19-15-11-7-3)37-31-24-20-16-12-8-4/h5-38H2,1-4H3. The molecule has 0 atom stereocenters. The third kappa shape index (κ3) is 21.9. The Labute approximate surface area is 281 Å². The van der Waals surface area contributed by atoms with Crippen LogP contribution in [-0.2, 0) is 9.13 Å². The van der Waals surface area contributed by atoms with Gasteiger partial charge in [0.25, 0.3) is 0 Å². The van der Waals surface area contributed by atoms with Crippen LogP contribution in [0.15, 0.2) is 0 Å². The van der Waals surface area contributed by atoms with Crippen molar-refractivity contribution in [3.8, 4) is 0 Å². The van der Waals surface area contributed by atoms with E-state index in [0.29, 0.717) is 16.9 Å². The van der Waals surface area contributed by atoms with Crippen LogP contribution in [0.3, 0.4) is 0 Å². The van der Waals surface area contributed by atoms with Gasteiger partial charge in [-0.15, -0.1) is 0 Å². The molecule has 0 saturated heterocycles. The van der Waals surface area contributed by atoms with E-state index in [9.17, 15) is 9.13 Å². The van der Waals surface area contributed by atoms with Gasteiger partial charge >= 0.3 is 0 Å². The first-order chi connectivity index (χ1) is 21.6. The van der Waals surface area contributed by atoms with Gasteiger partial charge in [0.15, 0.2) is 16.9 Å². The van der Waals surface area contributed by atoms with Crippen LogP contribution in [0.2, 0.25) is 0 Å². The van der Waals surface area contributed by atoms with Gasteiger partial charge in [-0.25, -0.2) is 0 Å². The molecule has 0 N–H and O–H groups in total. The summed E-state index contributed by atoms with van der Waals surface area (Å²) in [5.74, 6) is 0. The highest BCUT2D eigenvalue weighted by molar-refractivity contribution is 7.26. The summed E-state index contributed by atoms with van der Waals surface area (Å²) >= 11 is 0. The van der Waals surface area contributed by atoms with Crippen LogP contribution >= 0.6 is 16.9 Å². The minimum atomic E-state index is -0.0526. The number of rotatable bonds is 37. The predicted molar refractivity (Wildman–Crippen MR) is 200 cm³/mol. The second kappa shape index (κ2) is 33.1. The maximum absolute atomic E-state index is 13.8. The summed E-state index contributed by atoms with van der Waals surface area (Å²) in [5.41, 5.74) is 0.204. The summed E-state index contributed by atoms with van der Waals surface area (Å²) in [7, 11) is 0.764. The predicted octanol–water partition coefficient (Wildman–Crippen LogP) is 16.2. The molecule has 0 bridgehead atoms. The molecule has 0 fully saturated rings. The molecule has 0 saturated carbocycles. The zero-order chi connectivity index (χ0) is 32.5. The van der Waals surface area contributed by atoms with Gasteiger partial charge < -0.3 is 0 Å². The van der Waals surface area contributed by atoms with Crippen molar-refractivity contribution in [1.29, 1.82) is 0 Å². The molecule has 0 amide bonds. The SMILES string of the molecule is CCCCCCCCC(CCCCCCCC)(CCCCCCP=O)C(CCCCCCCC)(CCCCCCCC)P=O. The van der Waals surface area contributed by atoms with Crippen molar-refractivity contribution < 1.29 is 9.13 Å². The number of hydrogen-bond acceptors (Lipinski definition) is 2. The van der Waals surface area contributed by atoms with E-state index >= 15 is 0 Å². The molecule has 2 nitrogen and oxygen atoms in total. The van der Waals surface area contributed by atoms with Crippen LogP contribution in [-0.4, -0.2) is 11.3 Å². The second-order valence-corrected chi connectivity index (χ2v) is 16.2. The molecule has 0 unspecified atom stereocenters. The Bertz CT molecular complexity index is 576. The van der Waals surface area contributed by atoms with Crippen LogP contribution in [0.1, 0.15) is 240 Å². The smallest absolute Gasteiger partial charge is 0.162 e. The van der Waals surface area contributed by atoms with Crippen molar-refractivity contribution in [3.05, 3.63) is 0 Å². The van der Waals surface area contributed by atoms with Crippen molar-refractivity contribution in [2.45, 2.75) is 245 Å². The number of unbranched alkanes of at least 4 members (excludes halogenated alkanes) is 23. The van der Waals surface area contributed by atoms with Crippen LogP contribution < -0.4 is 0 Å². The summed E-state index contributed by atoms with van der Waals surface area (Å²) < 4.78 is 24.8. The normalized spacial score (nSPS) is 12.5. The van der Waals surface area contributed by atoms with Gasteiger partial charge in [0, 0.05) is 6.16 Å². The molecule has 0 aliphatic heterocycles. The zero-order valence-electron chi connectivity index (χ0n) is 30.8. The van der Waals surface area contributed by atoms with Gasteiger partial charge in [-0.05, 0) is 43.9 Å². The van der Waals surface area contributed by atoms with E-state index in [2.05, 4.69) is 27.7 Å². The highest BCUT2D eigenvalue weighted by Crippen LogP contribution is 2.57. The van der Waals surface area contributed by atoms with Crippen LogP contribution in [0.25, 0.3) is 0 Å². The maximum atomic E-state index is 13.8. The Morgan fingerprint density at radius 1 is 0.341 bits per heavy atom. The lowest BCUT2D eigenvalue weighted by Gasteiger charge is -2.49. The lowest BCUT2D eigenvalue weighted by atomic mass is 9.62. The highest BCUT2D eigenvalue weighted by Gasteiger charge is 2.49. The fourth-order valence-corrected chi connectivity index (χ4v) is 9.17. The van der Waals surface area contributed by atoms with Crippen molar-refractivity contribution in [2.24, 2.45) is 5.41 Å². The third-order valence-electron chi connectivity index (χ3n) is 10.7. The van der Waals surface area contributed by atoms with Gasteiger partial charge in [0.1, 0.15) is 0 Å². The molecule has 0 spiro atoms. The fourth-order valence-electron chi connectivity index (χ4n) is 7.79. The largest absolute Gasteiger partial charge is 0.275 e. The molecule has 0 aromatic carbocycles. The van der Waals surface area contributed by atoms with Crippen molar-refractivity contribution in [3.63, 3.8) is 0 Å². The molecule has 0 rings (SSSR count).